The summed E-state index contributed by atoms with van der Waals surface area (Å²) in [6, 6.07) is 5.43. The van der Waals surface area contributed by atoms with Gasteiger partial charge in [-0.1, -0.05) is 5.16 Å². The van der Waals surface area contributed by atoms with Crippen molar-refractivity contribution in [2.45, 2.75) is 26.2 Å². The van der Waals surface area contributed by atoms with E-state index in [4.69, 9.17) is 19.7 Å². The van der Waals surface area contributed by atoms with Crippen LogP contribution in [0.1, 0.15) is 25.7 Å². The molecule has 0 unspecified atom stereocenters. The molecule has 22 heavy (non-hydrogen) atoms. The minimum Gasteiger partial charge on any atom is -0.493 e. The number of methoxy groups -OCH3 is 1. The van der Waals surface area contributed by atoms with E-state index in [-0.39, 0.29) is 5.91 Å². The fourth-order valence-corrected chi connectivity index (χ4v) is 1.97. The van der Waals surface area contributed by atoms with Crippen LogP contribution in [0.2, 0.25) is 0 Å². The lowest BCUT2D eigenvalue weighted by Gasteiger charge is -2.09. The van der Waals surface area contributed by atoms with E-state index in [1.165, 1.54) is 0 Å². The number of amides is 1. The van der Waals surface area contributed by atoms with Gasteiger partial charge in [-0.3, -0.25) is 4.79 Å². The zero-order valence-corrected chi connectivity index (χ0v) is 12.7. The van der Waals surface area contributed by atoms with Gasteiger partial charge in [0.25, 0.3) is 0 Å². The lowest BCUT2D eigenvalue weighted by Crippen LogP contribution is -2.10. The summed E-state index contributed by atoms with van der Waals surface area (Å²) in [6.45, 7) is 2.43. The topological polar surface area (TPSA) is 100 Å². The van der Waals surface area contributed by atoms with E-state index in [0.29, 0.717) is 49.1 Å². The third-order valence-electron chi connectivity index (χ3n) is 3.00. The monoisotopic (exact) mass is 305 g/mol. The Hall–Kier alpha value is -2.57. The maximum Gasteiger partial charge on any atom is 0.226 e. The summed E-state index contributed by atoms with van der Waals surface area (Å²) in [5.74, 6) is 1.89. The minimum atomic E-state index is -0.337. The smallest absolute Gasteiger partial charge is 0.226 e. The molecule has 7 nitrogen and oxygen atoms in total. The van der Waals surface area contributed by atoms with Gasteiger partial charge in [0.2, 0.25) is 17.6 Å². The molecule has 0 saturated heterocycles. The second-order valence-electron chi connectivity index (χ2n) is 4.63. The summed E-state index contributed by atoms with van der Waals surface area (Å²) in [6.07, 6.45) is 1.41. The largest absolute Gasteiger partial charge is 0.493 e. The first-order chi connectivity index (χ1) is 10.6. The quantitative estimate of drug-likeness (QED) is 0.800. The normalized spacial score (nSPS) is 10.5. The molecule has 1 amide bonds. The molecule has 0 bridgehead atoms. The van der Waals surface area contributed by atoms with Crippen LogP contribution in [-0.4, -0.2) is 29.8 Å². The highest BCUT2D eigenvalue weighted by Gasteiger charge is 2.12. The lowest BCUT2D eigenvalue weighted by molar-refractivity contribution is -0.118. The predicted octanol–water partition coefficient (Wildman–Crippen LogP) is 1.95. The van der Waals surface area contributed by atoms with E-state index in [9.17, 15) is 4.79 Å². The van der Waals surface area contributed by atoms with Crippen LogP contribution in [0.3, 0.4) is 0 Å². The van der Waals surface area contributed by atoms with Crippen molar-refractivity contribution in [2.24, 2.45) is 5.73 Å². The molecule has 0 aliphatic heterocycles. The molecule has 0 aliphatic rings. The molecule has 0 radical (unpaired) electrons. The van der Waals surface area contributed by atoms with Gasteiger partial charge in [0.1, 0.15) is 0 Å². The van der Waals surface area contributed by atoms with Crippen LogP contribution in [0.4, 0.5) is 0 Å². The molecule has 7 heteroatoms. The molecular weight excluding hydrogens is 286 g/mol. The van der Waals surface area contributed by atoms with Crippen LogP contribution >= 0.6 is 0 Å². The molecule has 118 valence electrons. The Bertz CT molecular complexity index is 639. The summed E-state index contributed by atoms with van der Waals surface area (Å²) in [7, 11) is 1.59. The van der Waals surface area contributed by atoms with Gasteiger partial charge >= 0.3 is 0 Å². The summed E-state index contributed by atoms with van der Waals surface area (Å²) in [5, 5.41) is 3.94. The number of nitrogens with two attached hydrogens (primary N) is 1. The molecule has 2 aromatic rings. The van der Waals surface area contributed by atoms with Gasteiger partial charge in [0.15, 0.2) is 11.5 Å². The maximum atomic E-state index is 10.7. The Morgan fingerprint density at radius 1 is 1.36 bits per heavy atom. The van der Waals surface area contributed by atoms with Crippen LogP contribution in [0.15, 0.2) is 22.7 Å². The zero-order chi connectivity index (χ0) is 15.9. The second kappa shape index (κ2) is 7.44. The van der Waals surface area contributed by atoms with Crippen LogP contribution in [0, 0.1) is 0 Å². The van der Waals surface area contributed by atoms with Crippen LogP contribution in [-0.2, 0) is 11.2 Å². The Labute approximate surface area is 128 Å². The Morgan fingerprint density at radius 3 is 2.86 bits per heavy atom. The van der Waals surface area contributed by atoms with Crippen molar-refractivity contribution in [2.75, 3.05) is 13.7 Å². The molecular formula is C15H19N3O4. The van der Waals surface area contributed by atoms with E-state index < -0.39 is 0 Å². The molecule has 0 spiro atoms. The van der Waals surface area contributed by atoms with Crippen LogP contribution in [0.25, 0.3) is 11.4 Å². The average molecular weight is 305 g/mol. The molecule has 1 heterocycles. The standard InChI is InChI=1S/C15H19N3O4/c1-3-21-12-9-10(7-8-11(12)20-2)15-17-14(22-18-15)6-4-5-13(16)19/h7-9H,3-6H2,1-2H3,(H2,16,19). The number of aryl methyl sites for hydroxylation is 1. The van der Waals surface area contributed by atoms with Crippen LogP contribution in [0.5, 0.6) is 11.5 Å². The number of nitrogens with zero attached hydrogens (tertiary/aromatic N) is 2. The van der Waals surface area contributed by atoms with Crippen molar-refractivity contribution in [1.29, 1.82) is 0 Å². The van der Waals surface area contributed by atoms with Crippen molar-refractivity contribution in [3.63, 3.8) is 0 Å². The molecule has 0 saturated carbocycles. The number of benzene rings is 1. The molecule has 0 fully saturated rings. The average Bonchev–Trinajstić information content (AvgIpc) is 2.96. The summed E-state index contributed by atoms with van der Waals surface area (Å²) in [4.78, 5) is 15.0. The SMILES string of the molecule is CCOc1cc(-c2noc(CCCC(N)=O)n2)ccc1OC. The van der Waals surface area contributed by atoms with Gasteiger partial charge in [0, 0.05) is 18.4 Å². The van der Waals surface area contributed by atoms with Gasteiger partial charge < -0.3 is 19.7 Å². The molecule has 1 aromatic heterocycles. The van der Waals surface area contributed by atoms with Crippen LogP contribution < -0.4 is 15.2 Å². The highest BCUT2D eigenvalue weighted by atomic mass is 16.5. The Morgan fingerprint density at radius 2 is 2.18 bits per heavy atom. The number of hydrogen-bond donors (Lipinski definition) is 1. The van der Waals surface area contributed by atoms with E-state index in [0.717, 1.165) is 5.56 Å². The summed E-state index contributed by atoms with van der Waals surface area (Å²) < 4.78 is 15.9. The molecule has 0 atom stereocenters. The first-order valence-electron chi connectivity index (χ1n) is 7.06. The number of primary amides is 1. The van der Waals surface area contributed by atoms with Crippen molar-refractivity contribution >= 4 is 5.91 Å². The molecule has 0 aliphatic carbocycles. The number of carbonyl (C=O) groups is 1. The second-order valence-corrected chi connectivity index (χ2v) is 4.63. The number of rotatable bonds is 8. The van der Waals surface area contributed by atoms with Gasteiger partial charge in [0.05, 0.1) is 13.7 Å². The predicted molar refractivity (Wildman–Crippen MR) is 79.6 cm³/mol. The summed E-state index contributed by atoms with van der Waals surface area (Å²) >= 11 is 0. The highest BCUT2D eigenvalue weighted by Crippen LogP contribution is 2.31. The van der Waals surface area contributed by atoms with Crippen molar-refractivity contribution < 1.29 is 18.8 Å². The Balaban J connectivity index is 2.13. The molecule has 1 aromatic carbocycles. The van der Waals surface area contributed by atoms with Crippen molar-refractivity contribution in [3.05, 3.63) is 24.1 Å². The Kier molecular flexibility index (Phi) is 5.35. The highest BCUT2D eigenvalue weighted by molar-refractivity contribution is 5.73. The third-order valence-corrected chi connectivity index (χ3v) is 3.00. The van der Waals surface area contributed by atoms with E-state index in [2.05, 4.69) is 10.1 Å². The first kappa shape index (κ1) is 15.8. The van der Waals surface area contributed by atoms with Crippen molar-refractivity contribution in [3.8, 4) is 22.9 Å². The van der Waals surface area contributed by atoms with Gasteiger partial charge in [-0.2, -0.15) is 4.98 Å². The van der Waals surface area contributed by atoms with Gasteiger partial charge in [-0.05, 0) is 31.5 Å². The molecule has 2 rings (SSSR count). The van der Waals surface area contributed by atoms with Crippen molar-refractivity contribution in [1.82, 2.24) is 10.1 Å². The number of carbonyl (C=O) groups excluding carboxylic acids is 1. The molecule has 2 N–H and O–H groups in total. The zero-order valence-electron chi connectivity index (χ0n) is 12.7. The number of ether oxygens (including phenoxy) is 2. The summed E-state index contributed by atoms with van der Waals surface area (Å²) in [5.41, 5.74) is 5.87. The van der Waals surface area contributed by atoms with Gasteiger partial charge in [-0.15, -0.1) is 0 Å². The van der Waals surface area contributed by atoms with Gasteiger partial charge in [-0.25, -0.2) is 0 Å². The fourth-order valence-electron chi connectivity index (χ4n) is 1.97. The van der Waals surface area contributed by atoms with E-state index >= 15 is 0 Å². The minimum absolute atomic E-state index is 0.300. The van der Waals surface area contributed by atoms with E-state index in [1.54, 1.807) is 19.2 Å². The third kappa shape index (κ3) is 3.97. The maximum absolute atomic E-state index is 10.7. The first-order valence-corrected chi connectivity index (χ1v) is 7.06. The fraction of sp³-hybridized carbons (Fsp3) is 0.400. The number of aromatic nitrogens is 2. The number of hydrogen-bond acceptors (Lipinski definition) is 6. The lowest BCUT2D eigenvalue weighted by atomic mass is 10.2. The van der Waals surface area contributed by atoms with E-state index in [1.807, 2.05) is 13.0 Å².